The molecule has 5 aromatic rings. The van der Waals surface area contributed by atoms with Gasteiger partial charge in [-0.05, 0) is 54.6 Å². The van der Waals surface area contributed by atoms with Crippen molar-refractivity contribution in [3.63, 3.8) is 0 Å². The number of furan rings is 1. The summed E-state index contributed by atoms with van der Waals surface area (Å²) in [5, 5.41) is 4.33. The van der Waals surface area contributed by atoms with E-state index in [0.29, 0.717) is 17.1 Å². The predicted octanol–water partition coefficient (Wildman–Crippen LogP) is 4.76. The SMILES string of the molecule is O=c1c2cnn(-c3ccc(F)cc3)c2nc(-c2ccco2)n1-c1ccc(F)c(Cl)c1. The van der Waals surface area contributed by atoms with Crippen LogP contribution >= 0.6 is 11.6 Å². The molecule has 3 aromatic heterocycles. The molecule has 9 heteroatoms. The lowest BCUT2D eigenvalue weighted by atomic mass is 10.2. The van der Waals surface area contributed by atoms with Crippen LogP contribution in [0.4, 0.5) is 8.78 Å². The van der Waals surface area contributed by atoms with Crippen molar-refractivity contribution in [2.24, 2.45) is 0 Å². The third-order valence-electron chi connectivity index (χ3n) is 4.58. The summed E-state index contributed by atoms with van der Waals surface area (Å²) in [6, 6.07) is 12.9. The molecule has 6 nitrogen and oxygen atoms in total. The van der Waals surface area contributed by atoms with Gasteiger partial charge in [-0.15, -0.1) is 0 Å². The van der Waals surface area contributed by atoms with Gasteiger partial charge in [-0.2, -0.15) is 5.10 Å². The van der Waals surface area contributed by atoms with E-state index in [0.717, 1.165) is 0 Å². The zero-order valence-corrected chi connectivity index (χ0v) is 15.8. The van der Waals surface area contributed by atoms with Gasteiger partial charge in [0, 0.05) is 0 Å². The van der Waals surface area contributed by atoms with E-state index < -0.39 is 17.2 Å². The van der Waals surface area contributed by atoms with Crippen LogP contribution in [-0.4, -0.2) is 19.3 Å². The molecule has 0 aliphatic carbocycles. The maximum Gasteiger partial charge on any atom is 0.269 e. The molecule has 0 unspecified atom stereocenters. The Hall–Kier alpha value is -3.78. The highest BCUT2D eigenvalue weighted by Crippen LogP contribution is 2.26. The van der Waals surface area contributed by atoms with Crippen LogP contribution in [0.1, 0.15) is 0 Å². The third kappa shape index (κ3) is 2.89. The van der Waals surface area contributed by atoms with E-state index in [1.54, 1.807) is 12.1 Å². The molecule has 0 fully saturated rings. The number of fused-ring (bicyclic) bond motifs is 1. The molecule has 148 valence electrons. The smallest absolute Gasteiger partial charge is 0.269 e. The summed E-state index contributed by atoms with van der Waals surface area (Å²) in [7, 11) is 0. The van der Waals surface area contributed by atoms with Crippen molar-refractivity contribution in [2.45, 2.75) is 0 Å². The summed E-state index contributed by atoms with van der Waals surface area (Å²) < 4.78 is 35.2. The van der Waals surface area contributed by atoms with Crippen molar-refractivity contribution in [2.75, 3.05) is 0 Å². The molecule has 0 amide bonds. The molecule has 0 bridgehead atoms. The van der Waals surface area contributed by atoms with E-state index in [2.05, 4.69) is 10.1 Å². The maximum atomic E-state index is 13.7. The lowest BCUT2D eigenvalue weighted by Crippen LogP contribution is -2.22. The topological polar surface area (TPSA) is 65.8 Å². The Morgan fingerprint density at radius 1 is 1.00 bits per heavy atom. The fraction of sp³-hybridized carbons (Fsp3) is 0. The number of benzene rings is 2. The van der Waals surface area contributed by atoms with E-state index >= 15 is 0 Å². The Morgan fingerprint density at radius 3 is 2.47 bits per heavy atom. The van der Waals surface area contributed by atoms with Gasteiger partial charge in [-0.1, -0.05) is 11.6 Å². The Kier molecular flexibility index (Phi) is 4.22. The standard InChI is InChI=1S/C21H11ClF2N4O2/c22-16-10-14(7-8-17(16)24)27-20(18-2-1-9-30-18)26-19-15(21(27)29)11-25-28(19)13-5-3-12(23)4-6-13/h1-11H. The van der Waals surface area contributed by atoms with E-state index in [-0.39, 0.29) is 21.9 Å². The second-order valence-electron chi connectivity index (χ2n) is 6.42. The number of hydrogen-bond donors (Lipinski definition) is 0. The summed E-state index contributed by atoms with van der Waals surface area (Å²) in [6.45, 7) is 0. The minimum Gasteiger partial charge on any atom is -0.461 e. The summed E-state index contributed by atoms with van der Waals surface area (Å²) in [4.78, 5) is 18.0. The minimum absolute atomic E-state index is 0.133. The van der Waals surface area contributed by atoms with Crippen LogP contribution in [0, 0.1) is 11.6 Å². The molecule has 3 heterocycles. The average molecular weight is 425 g/mol. The molecule has 0 radical (unpaired) electrons. The Balaban J connectivity index is 1.83. The summed E-state index contributed by atoms with van der Waals surface area (Å²) in [6.07, 6.45) is 2.83. The predicted molar refractivity (Wildman–Crippen MR) is 107 cm³/mol. The van der Waals surface area contributed by atoms with Crippen molar-refractivity contribution in [1.29, 1.82) is 0 Å². The highest BCUT2D eigenvalue weighted by atomic mass is 35.5. The van der Waals surface area contributed by atoms with Crippen LogP contribution in [0.25, 0.3) is 34.0 Å². The molecule has 0 saturated heterocycles. The van der Waals surface area contributed by atoms with Crippen LogP contribution in [0.5, 0.6) is 0 Å². The van der Waals surface area contributed by atoms with Crippen LogP contribution in [0.15, 0.2) is 76.3 Å². The van der Waals surface area contributed by atoms with Crippen LogP contribution < -0.4 is 5.56 Å². The first-order valence-electron chi connectivity index (χ1n) is 8.79. The number of halogens is 3. The van der Waals surface area contributed by atoms with Crippen molar-refractivity contribution >= 4 is 22.6 Å². The quantitative estimate of drug-likeness (QED) is 0.418. The highest BCUT2D eigenvalue weighted by Gasteiger charge is 2.20. The van der Waals surface area contributed by atoms with Gasteiger partial charge < -0.3 is 4.42 Å². The molecule has 5 rings (SSSR count). The second-order valence-corrected chi connectivity index (χ2v) is 6.83. The van der Waals surface area contributed by atoms with Crippen LogP contribution in [0.2, 0.25) is 5.02 Å². The minimum atomic E-state index is -0.605. The molecule has 30 heavy (non-hydrogen) atoms. The number of rotatable bonds is 3. The normalized spacial score (nSPS) is 11.3. The summed E-state index contributed by atoms with van der Waals surface area (Å²) in [5.41, 5.74) is 0.679. The van der Waals surface area contributed by atoms with Gasteiger partial charge in [0.15, 0.2) is 17.2 Å². The van der Waals surface area contributed by atoms with Crippen molar-refractivity contribution in [3.05, 3.63) is 94.1 Å². The lowest BCUT2D eigenvalue weighted by Gasteiger charge is -2.12. The van der Waals surface area contributed by atoms with Gasteiger partial charge in [0.1, 0.15) is 17.0 Å². The number of aromatic nitrogens is 4. The zero-order valence-electron chi connectivity index (χ0n) is 15.1. The molecule has 0 aliphatic rings. The number of hydrogen-bond acceptors (Lipinski definition) is 4. The third-order valence-corrected chi connectivity index (χ3v) is 4.86. The Labute approximate surface area is 172 Å². The number of nitrogens with zero attached hydrogens (tertiary/aromatic N) is 4. The van der Waals surface area contributed by atoms with Crippen molar-refractivity contribution < 1.29 is 13.2 Å². The first-order valence-corrected chi connectivity index (χ1v) is 9.17. The largest absolute Gasteiger partial charge is 0.461 e. The molecular weight excluding hydrogens is 414 g/mol. The molecule has 0 aliphatic heterocycles. The first-order chi connectivity index (χ1) is 14.5. The molecule has 2 aromatic carbocycles. The van der Waals surface area contributed by atoms with Crippen molar-refractivity contribution in [3.8, 4) is 23.0 Å². The molecule has 0 atom stereocenters. The van der Waals surface area contributed by atoms with Gasteiger partial charge in [-0.3, -0.25) is 9.36 Å². The molecule has 0 spiro atoms. The molecule has 0 N–H and O–H groups in total. The van der Waals surface area contributed by atoms with E-state index in [9.17, 15) is 13.6 Å². The summed E-state index contributed by atoms with van der Waals surface area (Å²) >= 11 is 5.93. The first kappa shape index (κ1) is 18.3. The van der Waals surface area contributed by atoms with Gasteiger partial charge in [0.05, 0.1) is 28.9 Å². The Morgan fingerprint density at radius 2 is 1.77 bits per heavy atom. The average Bonchev–Trinajstić information content (AvgIpc) is 3.41. The fourth-order valence-electron chi connectivity index (χ4n) is 3.17. The maximum absolute atomic E-state index is 13.7. The molecule has 0 saturated carbocycles. The van der Waals surface area contributed by atoms with Crippen molar-refractivity contribution in [1.82, 2.24) is 19.3 Å². The molecular formula is C21H11ClF2N4O2. The van der Waals surface area contributed by atoms with E-state index in [4.69, 9.17) is 16.0 Å². The lowest BCUT2D eigenvalue weighted by molar-refractivity contribution is 0.574. The van der Waals surface area contributed by atoms with Gasteiger partial charge in [-0.25, -0.2) is 18.4 Å². The van der Waals surface area contributed by atoms with Gasteiger partial charge in [0.25, 0.3) is 5.56 Å². The zero-order chi connectivity index (χ0) is 20.8. The monoisotopic (exact) mass is 424 g/mol. The summed E-state index contributed by atoms with van der Waals surface area (Å²) in [5.74, 6) is -0.494. The second kappa shape index (κ2) is 6.93. The van der Waals surface area contributed by atoms with Gasteiger partial charge >= 0.3 is 0 Å². The van der Waals surface area contributed by atoms with Gasteiger partial charge in [0.2, 0.25) is 0 Å². The fourth-order valence-corrected chi connectivity index (χ4v) is 3.35. The Bertz CT molecular complexity index is 1440. The van der Waals surface area contributed by atoms with E-state index in [1.807, 2.05) is 0 Å². The highest BCUT2D eigenvalue weighted by molar-refractivity contribution is 6.30. The van der Waals surface area contributed by atoms with E-state index in [1.165, 1.54) is 64.2 Å². The van der Waals surface area contributed by atoms with Crippen LogP contribution in [-0.2, 0) is 0 Å². The van der Waals surface area contributed by atoms with Crippen LogP contribution in [0.3, 0.4) is 0 Å².